The molecule has 3 aromatic carbocycles. The average molecular weight is 344 g/mol. The van der Waals surface area contributed by atoms with E-state index in [1.54, 1.807) is 0 Å². The maximum Gasteiger partial charge on any atom is 0.309 e. The molecule has 3 nitrogen and oxygen atoms in total. The molecular formula is C23H20O3. The van der Waals surface area contributed by atoms with Gasteiger partial charge in [-0.3, -0.25) is 4.79 Å². The number of esters is 1. The van der Waals surface area contributed by atoms with Crippen molar-refractivity contribution in [3.8, 4) is 5.75 Å². The van der Waals surface area contributed by atoms with Crippen molar-refractivity contribution in [3.05, 3.63) is 102 Å². The highest BCUT2D eigenvalue weighted by molar-refractivity contribution is 5.72. The molecular weight excluding hydrogens is 324 g/mol. The Morgan fingerprint density at radius 3 is 1.73 bits per heavy atom. The van der Waals surface area contributed by atoms with Crippen LogP contribution in [0.25, 0.3) is 0 Å². The minimum absolute atomic E-state index is 0.212. The van der Waals surface area contributed by atoms with Gasteiger partial charge in [0.05, 0.1) is 12.3 Å². The maximum atomic E-state index is 12.1. The topological polar surface area (TPSA) is 35.5 Å². The number of hydrogen-bond donors (Lipinski definition) is 0. The van der Waals surface area contributed by atoms with Crippen molar-refractivity contribution in [2.45, 2.75) is 24.5 Å². The second-order valence-corrected chi connectivity index (χ2v) is 6.46. The second-order valence-electron chi connectivity index (χ2n) is 6.46. The summed E-state index contributed by atoms with van der Waals surface area (Å²) in [6.07, 6.45) is 0.859. The van der Waals surface area contributed by atoms with E-state index < -0.39 is 5.79 Å². The smallest absolute Gasteiger partial charge is 0.309 e. The molecule has 0 bridgehead atoms. The molecule has 0 spiro atoms. The first-order valence-corrected chi connectivity index (χ1v) is 8.83. The standard InChI is InChI=1S/C23H20O3/c24-21-16-17-23(26-21,25-20-14-8-3-9-15-20)22(18-10-4-1-5-11-18)19-12-6-2-7-13-19/h1-15,22H,16-17H2. The van der Waals surface area contributed by atoms with Gasteiger partial charge in [-0.05, 0) is 23.3 Å². The molecule has 130 valence electrons. The first kappa shape index (κ1) is 16.4. The third kappa shape index (κ3) is 3.21. The Morgan fingerprint density at radius 2 is 1.27 bits per heavy atom. The third-order valence-electron chi connectivity index (χ3n) is 4.70. The molecule has 0 amide bonds. The number of cyclic esters (lactones) is 1. The normalized spacial score (nSPS) is 19.3. The summed E-state index contributed by atoms with van der Waals surface area (Å²) in [4.78, 5) is 12.1. The van der Waals surface area contributed by atoms with Gasteiger partial charge in [0.1, 0.15) is 5.75 Å². The first-order chi connectivity index (χ1) is 12.8. The van der Waals surface area contributed by atoms with Gasteiger partial charge in [0.15, 0.2) is 0 Å². The summed E-state index contributed by atoms with van der Waals surface area (Å²) in [6, 6.07) is 29.7. The van der Waals surface area contributed by atoms with Crippen LogP contribution in [0.15, 0.2) is 91.0 Å². The Bertz CT molecular complexity index is 822. The molecule has 1 heterocycles. The predicted octanol–water partition coefficient (Wildman–Crippen LogP) is 4.93. The molecule has 1 aliphatic heterocycles. The van der Waals surface area contributed by atoms with Crippen LogP contribution in [-0.2, 0) is 9.53 Å². The molecule has 0 aromatic heterocycles. The Balaban J connectivity index is 1.83. The lowest BCUT2D eigenvalue weighted by molar-refractivity contribution is -0.182. The first-order valence-electron chi connectivity index (χ1n) is 8.83. The molecule has 0 radical (unpaired) electrons. The van der Waals surface area contributed by atoms with E-state index in [-0.39, 0.29) is 11.9 Å². The van der Waals surface area contributed by atoms with Crippen LogP contribution in [0.3, 0.4) is 0 Å². The third-order valence-corrected chi connectivity index (χ3v) is 4.70. The van der Waals surface area contributed by atoms with Gasteiger partial charge >= 0.3 is 5.97 Å². The van der Waals surface area contributed by atoms with Crippen LogP contribution in [0.1, 0.15) is 29.9 Å². The summed E-state index contributed by atoms with van der Waals surface area (Å²) >= 11 is 0. The fourth-order valence-corrected chi connectivity index (χ4v) is 3.58. The molecule has 1 fully saturated rings. The van der Waals surface area contributed by atoms with Crippen molar-refractivity contribution in [3.63, 3.8) is 0 Å². The molecule has 1 saturated heterocycles. The molecule has 1 atom stereocenters. The van der Waals surface area contributed by atoms with Gasteiger partial charge in [0.25, 0.3) is 5.79 Å². The van der Waals surface area contributed by atoms with E-state index in [9.17, 15) is 4.79 Å². The molecule has 4 rings (SSSR count). The fraction of sp³-hybridized carbons (Fsp3) is 0.174. The molecule has 0 saturated carbocycles. The van der Waals surface area contributed by atoms with Crippen LogP contribution in [0.2, 0.25) is 0 Å². The highest BCUT2D eigenvalue weighted by Gasteiger charge is 2.51. The summed E-state index contributed by atoms with van der Waals surface area (Å²) in [6.45, 7) is 0. The fourth-order valence-electron chi connectivity index (χ4n) is 3.58. The van der Waals surface area contributed by atoms with E-state index in [1.807, 2.05) is 66.7 Å². The number of carbonyl (C=O) groups is 1. The zero-order valence-corrected chi connectivity index (χ0v) is 14.4. The van der Waals surface area contributed by atoms with Gasteiger partial charge in [-0.2, -0.15) is 0 Å². The van der Waals surface area contributed by atoms with Crippen molar-refractivity contribution in [1.29, 1.82) is 0 Å². The Labute approximate surface area is 153 Å². The molecule has 3 heteroatoms. The molecule has 1 aliphatic rings. The molecule has 3 aromatic rings. The lowest BCUT2D eigenvalue weighted by Crippen LogP contribution is -2.43. The number of benzene rings is 3. The van der Waals surface area contributed by atoms with Gasteiger partial charge in [0, 0.05) is 6.42 Å². The molecule has 1 unspecified atom stereocenters. The van der Waals surface area contributed by atoms with Gasteiger partial charge in [-0.15, -0.1) is 0 Å². The van der Waals surface area contributed by atoms with Crippen molar-refractivity contribution in [2.24, 2.45) is 0 Å². The quantitative estimate of drug-likeness (QED) is 0.616. The minimum Gasteiger partial charge on any atom is -0.451 e. The summed E-state index contributed by atoms with van der Waals surface area (Å²) in [5.41, 5.74) is 2.12. The van der Waals surface area contributed by atoms with E-state index in [2.05, 4.69) is 24.3 Å². The Kier molecular flexibility index (Phi) is 4.44. The molecule has 0 N–H and O–H groups in total. The summed E-state index contributed by atoms with van der Waals surface area (Å²) in [5, 5.41) is 0. The van der Waals surface area contributed by atoms with E-state index >= 15 is 0 Å². The van der Waals surface area contributed by atoms with Gasteiger partial charge in [-0.1, -0.05) is 78.9 Å². The van der Waals surface area contributed by atoms with Crippen LogP contribution in [0, 0.1) is 0 Å². The van der Waals surface area contributed by atoms with Crippen LogP contribution in [0.5, 0.6) is 5.75 Å². The van der Waals surface area contributed by atoms with E-state index in [4.69, 9.17) is 9.47 Å². The second kappa shape index (κ2) is 7.04. The number of ether oxygens (including phenoxy) is 2. The monoisotopic (exact) mass is 344 g/mol. The van der Waals surface area contributed by atoms with Gasteiger partial charge < -0.3 is 9.47 Å². The Hall–Kier alpha value is -3.07. The van der Waals surface area contributed by atoms with Crippen LogP contribution >= 0.6 is 0 Å². The summed E-state index contributed by atoms with van der Waals surface area (Å²) in [7, 11) is 0. The van der Waals surface area contributed by atoms with Crippen molar-refractivity contribution >= 4 is 5.97 Å². The van der Waals surface area contributed by atoms with E-state index in [0.717, 1.165) is 11.1 Å². The average Bonchev–Trinajstić information content (AvgIpc) is 3.05. The molecule has 26 heavy (non-hydrogen) atoms. The van der Waals surface area contributed by atoms with Crippen molar-refractivity contribution < 1.29 is 14.3 Å². The summed E-state index contributed by atoms with van der Waals surface area (Å²) in [5.74, 6) is -0.797. The van der Waals surface area contributed by atoms with E-state index in [0.29, 0.717) is 18.6 Å². The predicted molar refractivity (Wildman–Crippen MR) is 99.9 cm³/mol. The van der Waals surface area contributed by atoms with Gasteiger partial charge in [-0.25, -0.2) is 0 Å². The Morgan fingerprint density at radius 1 is 0.769 bits per heavy atom. The SMILES string of the molecule is O=C1CCC(Oc2ccccc2)(C(c2ccccc2)c2ccccc2)O1. The van der Waals surface area contributed by atoms with Gasteiger partial charge in [0.2, 0.25) is 0 Å². The van der Waals surface area contributed by atoms with Crippen molar-refractivity contribution in [1.82, 2.24) is 0 Å². The van der Waals surface area contributed by atoms with Crippen molar-refractivity contribution in [2.75, 3.05) is 0 Å². The highest BCUT2D eigenvalue weighted by Crippen LogP contribution is 2.45. The van der Waals surface area contributed by atoms with Crippen LogP contribution < -0.4 is 4.74 Å². The zero-order valence-electron chi connectivity index (χ0n) is 14.4. The number of hydrogen-bond acceptors (Lipinski definition) is 3. The number of carbonyl (C=O) groups excluding carboxylic acids is 1. The largest absolute Gasteiger partial charge is 0.451 e. The summed E-state index contributed by atoms with van der Waals surface area (Å²) < 4.78 is 12.2. The minimum atomic E-state index is -1.05. The number of rotatable bonds is 5. The van der Waals surface area contributed by atoms with E-state index in [1.165, 1.54) is 0 Å². The molecule has 0 aliphatic carbocycles. The lowest BCUT2D eigenvalue weighted by atomic mass is 9.82. The lowest BCUT2D eigenvalue weighted by Gasteiger charge is -2.36. The number of para-hydroxylation sites is 1. The maximum absolute atomic E-state index is 12.1. The van der Waals surface area contributed by atoms with Crippen LogP contribution in [0.4, 0.5) is 0 Å². The highest BCUT2D eigenvalue weighted by atomic mass is 16.7. The zero-order chi connectivity index (χ0) is 17.8. The van der Waals surface area contributed by atoms with Crippen LogP contribution in [-0.4, -0.2) is 11.8 Å².